The molecule has 1 unspecified atom stereocenters. The number of aromatic nitrogens is 3. The van der Waals surface area contributed by atoms with Crippen molar-refractivity contribution in [1.82, 2.24) is 19.3 Å². The molecule has 166 valence electrons. The molecule has 2 amide bonds. The number of benzene rings is 1. The SMILES string of the molecule is COc1ncccc1NC(=O)c1nc(C2CCCN2C(=O)c2ccccc2)n2ccccc12. The molecular formula is C25H23N5O3. The Labute approximate surface area is 190 Å². The van der Waals surface area contributed by atoms with Gasteiger partial charge >= 0.3 is 0 Å². The predicted molar refractivity (Wildman–Crippen MR) is 123 cm³/mol. The Morgan fingerprint density at radius 3 is 2.70 bits per heavy atom. The van der Waals surface area contributed by atoms with Crippen LogP contribution in [0.5, 0.6) is 5.88 Å². The second kappa shape index (κ2) is 8.74. The summed E-state index contributed by atoms with van der Waals surface area (Å²) in [5.41, 5.74) is 2.07. The first kappa shape index (κ1) is 20.7. The third-order valence-corrected chi connectivity index (χ3v) is 5.84. The van der Waals surface area contributed by atoms with E-state index in [2.05, 4.69) is 10.3 Å². The quantitative estimate of drug-likeness (QED) is 0.506. The highest BCUT2D eigenvalue weighted by molar-refractivity contribution is 6.08. The van der Waals surface area contributed by atoms with Crippen LogP contribution in [0.4, 0.5) is 5.69 Å². The molecule has 1 saturated heterocycles. The zero-order chi connectivity index (χ0) is 22.8. The van der Waals surface area contributed by atoms with E-state index in [0.29, 0.717) is 35.0 Å². The third kappa shape index (κ3) is 3.80. The number of amides is 2. The zero-order valence-corrected chi connectivity index (χ0v) is 18.1. The van der Waals surface area contributed by atoms with E-state index in [1.807, 2.05) is 64.0 Å². The molecule has 1 aliphatic heterocycles. The van der Waals surface area contributed by atoms with Crippen LogP contribution in [0.1, 0.15) is 45.6 Å². The summed E-state index contributed by atoms with van der Waals surface area (Å²) in [7, 11) is 1.50. The molecule has 0 aliphatic carbocycles. The molecule has 1 aromatic carbocycles. The largest absolute Gasteiger partial charge is 0.480 e. The van der Waals surface area contributed by atoms with Crippen molar-refractivity contribution in [2.75, 3.05) is 19.0 Å². The Hall–Kier alpha value is -4.20. The van der Waals surface area contributed by atoms with Crippen molar-refractivity contribution in [3.8, 4) is 5.88 Å². The first-order chi connectivity index (χ1) is 16.2. The molecule has 1 aliphatic rings. The third-order valence-electron chi connectivity index (χ3n) is 5.84. The highest BCUT2D eigenvalue weighted by Crippen LogP contribution is 2.34. The number of carbonyl (C=O) groups excluding carboxylic acids is 2. The van der Waals surface area contributed by atoms with Gasteiger partial charge in [-0.3, -0.25) is 9.59 Å². The molecule has 0 saturated carbocycles. The molecule has 1 N–H and O–H groups in total. The van der Waals surface area contributed by atoms with Gasteiger partial charge in [-0.15, -0.1) is 0 Å². The number of hydrogen-bond acceptors (Lipinski definition) is 5. The molecule has 0 bridgehead atoms. The predicted octanol–water partition coefficient (Wildman–Crippen LogP) is 3.97. The second-order valence-corrected chi connectivity index (χ2v) is 7.81. The Morgan fingerprint density at radius 2 is 1.88 bits per heavy atom. The van der Waals surface area contributed by atoms with Crippen LogP contribution >= 0.6 is 0 Å². The van der Waals surface area contributed by atoms with Gasteiger partial charge in [0.15, 0.2) is 5.69 Å². The van der Waals surface area contributed by atoms with Crippen LogP contribution in [0.25, 0.3) is 5.52 Å². The number of pyridine rings is 2. The number of nitrogens with one attached hydrogen (secondary N) is 1. The van der Waals surface area contributed by atoms with Gasteiger partial charge in [-0.25, -0.2) is 9.97 Å². The van der Waals surface area contributed by atoms with Crippen LogP contribution in [-0.2, 0) is 0 Å². The van der Waals surface area contributed by atoms with Crippen molar-refractivity contribution < 1.29 is 14.3 Å². The van der Waals surface area contributed by atoms with Crippen LogP contribution in [0.15, 0.2) is 73.1 Å². The Bertz CT molecular complexity index is 1320. The van der Waals surface area contributed by atoms with E-state index in [0.717, 1.165) is 12.8 Å². The molecule has 1 atom stereocenters. The van der Waals surface area contributed by atoms with E-state index in [9.17, 15) is 9.59 Å². The van der Waals surface area contributed by atoms with Crippen molar-refractivity contribution in [2.24, 2.45) is 0 Å². The maximum Gasteiger partial charge on any atom is 0.276 e. The van der Waals surface area contributed by atoms with E-state index >= 15 is 0 Å². The summed E-state index contributed by atoms with van der Waals surface area (Å²) in [4.78, 5) is 37.1. The average molecular weight is 441 g/mol. The first-order valence-electron chi connectivity index (χ1n) is 10.8. The fourth-order valence-electron chi connectivity index (χ4n) is 4.32. The van der Waals surface area contributed by atoms with Crippen molar-refractivity contribution in [3.05, 3.63) is 90.1 Å². The lowest BCUT2D eigenvalue weighted by Gasteiger charge is -2.24. The standard InChI is InChI=1S/C25H23N5O3/c1-33-24-18(11-7-14-26-24)27-23(31)21-19-12-5-6-15-29(19)22(28-21)20-13-8-16-30(20)25(32)17-9-3-2-4-10-17/h2-7,9-12,14-15,20H,8,13,16H2,1H3,(H,27,31). The lowest BCUT2D eigenvalue weighted by molar-refractivity contribution is 0.0729. The van der Waals surface area contributed by atoms with E-state index in [1.165, 1.54) is 7.11 Å². The molecule has 0 spiro atoms. The van der Waals surface area contributed by atoms with Gasteiger partial charge in [0.05, 0.1) is 18.7 Å². The van der Waals surface area contributed by atoms with Crippen LogP contribution in [0.2, 0.25) is 0 Å². The molecule has 8 nitrogen and oxygen atoms in total. The van der Waals surface area contributed by atoms with Crippen LogP contribution in [0, 0.1) is 0 Å². The maximum atomic E-state index is 13.2. The van der Waals surface area contributed by atoms with E-state index < -0.39 is 0 Å². The van der Waals surface area contributed by atoms with Crippen LogP contribution < -0.4 is 10.1 Å². The number of fused-ring (bicyclic) bond motifs is 1. The topological polar surface area (TPSA) is 88.8 Å². The fourth-order valence-corrected chi connectivity index (χ4v) is 4.32. The van der Waals surface area contributed by atoms with Gasteiger partial charge in [0.25, 0.3) is 11.8 Å². The summed E-state index contributed by atoms with van der Waals surface area (Å²) in [5.74, 6) is 0.604. The Kier molecular flexibility index (Phi) is 5.48. The number of hydrogen-bond donors (Lipinski definition) is 1. The Morgan fingerprint density at radius 1 is 1.06 bits per heavy atom. The normalized spacial score (nSPS) is 15.5. The molecular weight excluding hydrogens is 418 g/mol. The number of ether oxygens (including phenoxy) is 1. The minimum absolute atomic E-state index is 0.0307. The van der Waals surface area contributed by atoms with E-state index in [-0.39, 0.29) is 23.6 Å². The number of nitrogens with zero attached hydrogens (tertiary/aromatic N) is 4. The monoisotopic (exact) mass is 441 g/mol. The fraction of sp³-hybridized carbons (Fsp3) is 0.200. The first-order valence-corrected chi connectivity index (χ1v) is 10.8. The summed E-state index contributed by atoms with van der Waals surface area (Å²) < 4.78 is 7.14. The summed E-state index contributed by atoms with van der Waals surface area (Å²) in [6.45, 7) is 0.647. The smallest absolute Gasteiger partial charge is 0.276 e. The number of methoxy groups -OCH3 is 1. The summed E-state index contributed by atoms with van der Waals surface area (Å²) in [6.07, 6.45) is 5.13. The van der Waals surface area contributed by atoms with Crippen LogP contribution in [-0.4, -0.2) is 44.7 Å². The molecule has 0 radical (unpaired) electrons. The highest BCUT2D eigenvalue weighted by Gasteiger charge is 2.34. The number of anilines is 1. The van der Waals surface area contributed by atoms with Gasteiger partial charge < -0.3 is 19.4 Å². The number of carbonyl (C=O) groups is 2. The summed E-state index contributed by atoms with van der Waals surface area (Å²) >= 11 is 0. The minimum Gasteiger partial charge on any atom is -0.480 e. The zero-order valence-electron chi connectivity index (χ0n) is 18.1. The average Bonchev–Trinajstić information content (AvgIpc) is 3.49. The molecule has 8 heteroatoms. The van der Waals surface area contributed by atoms with Crippen molar-refractivity contribution in [3.63, 3.8) is 0 Å². The van der Waals surface area contributed by atoms with E-state index in [1.54, 1.807) is 18.3 Å². The highest BCUT2D eigenvalue weighted by atomic mass is 16.5. The van der Waals surface area contributed by atoms with Crippen molar-refractivity contribution in [2.45, 2.75) is 18.9 Å². The van der Waals surface area contributed by atoms with Gasteiger partial charge in [0, 0.05) is 24.5 Å². The number of imidazole rings is 1. The second-order valence-electron chi connectivity index (χ2n) is 7.81. The molecule has 1 fully saturated rings. The van der Waals surface area contributed by atoms with Gasteiger partial charge in [0.1, 0.15) is 11.5 Å². The minimum atomic E-state index is -0.366. The number of rotatable bonds is 5. The molecule has 4 heterocycles. The lowest BCUT2D eigenvalue weighted by atomic mass is 10.1. The summed E-state index contributed by atoms with van der Waals surface area (Å²) in [5, 5.41) is 2.85. The molecule has 5 rings (SSSR count). The lowest BCUT2D eigenvalue weighted by Crippen LogP contribution is -2.31. The van der Waals surface area contributed by atoms with Gasteiger partial charge in [-0.05, 0) is 49.2 Å². The van der Waals surface area contributed by atoms with E-state index in [4.69, 9.17) is 9.72 Å². The molecule has 4 aromatic rings. The van der Waals surface area contributed by atoms with Crippen LogP contribution in [0.3, 0.4) is 0 Å². The van der Waals surface area contributed by atoms with Crippen molar-refractivity contribution >= 4 is 23.0 Å². The Balaban J connectivity index is 1.51. The van der Waals surface area contributed by atoms with Crippen molar-refractivity contribution in [1.29, 1.82) is 0 Å². The van der Waals surface area contributed by atoms with Gasteiger partial charge in [-0.1, -0.05) is 24.3 Å². The maximum absolute atomic E-state index is 13.2. The summed E-state index contributed by atoms with van der Waals surface area (Å²) in [6, 6.07) is 18.1. The van der Waals surface area contributed by atoms with Gasteiger partial charge in [0.2, 0.25) is 5.88 Å². The molecule has 33 heavy (non-hydrogen) atoms. The number of likely N-dealkylation sites (tertiary alicyclic amines) is 1. The molecule has 3 aromatic heterocycles. The van der Waals surface area contributed by atoms with Gasteiger partial charge in [-0.2, -0.15) is 0 Å².